The number of fused-ring (bicyclic) bond motifs is 3. The number of hydrogen-bond acceptors (Lipinski definition) is 6. The van der Waals surface area contributed by atoms with Gasteiger partial charge in [-0.1, -0.05) is 5.92 Å². The Morgan fingerprint density at radius 1 is 1.09 bits per heavy atom. The molecule has 1 heterocycles. The van der Waals surface area contributed by atoms with Crippen molar-refractivity contribution < 1.29 is 17.4 Å². The lowest BCUT2D eigenvalue weighted by Gasteiger charge is -2.36. The van der Waals surface area contributed by atoms with E-state index in [-0.39, 0.29) is 5.56 Å². The minimum atomic E-state index is -4.06. The van der Waals surface area contributed by atoms with Gasteiger partial charge >= 0.3 is 0 Å². The predicted octanol–water partition coefficient (Wildman–Crippen LogP) is 5.55. The van der Waals surface area contributed by atoms with E-state index in [0.29, 0.717) is 4.70 Å². The minimum Gasteiger partial charge on any atom is -0.598 e. The number of nitriles is 1. The van der Waals surface area contributed by atoms with Crippen LogP contribution in [0.2, 0.25) is 0 Å². The third-order valence-electron chi connectivity index (χ3n) is 5.82. The Kier molecular flexibility index (Phi) is 7.36. The number of sulfone groups is 1. The molecule has 1 aromatic heterocycles. The molecule has 0 bridgehead atoms. The van der Waals surface area contributed by atoms with Crippen molar-refractivity contribution >= 4 is 52.7 Å². The molecule has 0 spiro atoms. The monoisotopic (exact) mass is 532 g/mol. The second-order valence-corrected chi connectivity index (χ2v) is 15.8. The van der Waals surface area contributed by atoms with Gasteiger partial charge in [0, 0.05) is 42.7 Å². The molecule has 0 aliphatic carbocycles. The molecule has 0 amide bonds. The van der Waals surface area contributed by atoms with Crippen LogP contribution in [-0.2, 0) is 26.7 Å². The second-order valence-electron chi connectivity index (χ2n) is 10.2. The maximum absolute atomic E-state index is 15.6. The molecular weight excluding hydrogens is 503 g/mol. The van der Waals surface area contributed by atoms with E-state index in [1.54, 1.807) is 33.8 Å². The lowest BCUT2D eigenvalue weighted by atomic mass is 9.93. The summed E-state index contributed by atoms with van der Waals surface area (Å²) in [6, 6.07) is 10.6. The molecule has 0 fully saturated rings. The van der Waals surface area contributed by atoms with Gasteiger partial charge in [-0.15, -0.1) is 22.0 Å². The molecule has 0 saturated carbocycles. The van der Waals surface area contributed by atoms with Crippen molar-refractivity contribution in [3.63, 3.8) is 0 Å². The van der Waals surface area contributed by atoms with Crippen LogP contribution < -0.4 is 4.72 Å². The van der Waals surface area contributed by atoms with Gasteiger partial charge in [0.05, 0.1) is 11.8 Å². The van der Waals surface area contributed by atoms with Gasteiger partial charge in [-0.3, -0.25) is 0 Å². The molecule has 0 aliphatic rings. The highest BCUT2D eigenvalue weighted by Gasteiger charge is 2.46. The molecule has 3 aromatic rings. The zero-order valence-electron chi connectivity index (χ0n) is 20.9. The molecule has 0 saturated heterocycles. The number of hydrogen-bond donors (Lipinski definition) is 1. The average Bonchev–Trinajstić information content (AvgIpc) is 3.08. The van der Waals surface area contributed by atoms with Crippen LogP contribution in [0.25, 0.3) is 20.2 Å². The molecule has 1 N–H and O–H groups in total. The summed E-state index contributed by atoms with van der Waals surface area (Å²) in [5.41, 5.74) is -0.677. The Bertz CT molecular complexity index is 1500. The summed E-state index contributed by atoms with van der Waals surface area (Å²) in [5, 5.41) is 11.1. The van der Waals surface area contributed by atoms with E-state index in [0.717, 1.165) is 21.0 Å². The second kappa shape index (κ2) is 9.38. The SMILES string of the molecule is CC#Cc1ccc2sc3cc(F)c(C(C)(CS(=O)(=O)C(C)(C)C#N)N[S+]([O-])C(C)(C)C)cc3c2c1. The maximum Gasteiger partial charge on any atom is 0.171 e. The topological polar surface area (TPSA) is 93.0 Å². The first kappa shape index (κ1) is 27.4. The standard InChI is InChI=1S/C26H29FN2O3S3/c1-8-9-17-10-11-22-18(12-17)19-13-20(21(27)14-23(19)33-22)26(7,29-34(30)24(2,3)4)16-35(31,32)25(5,6)15-28/h10-14,29H,16H2,1-7H3. The van der Waals surface area contributed by atoms with E-state index in [1.807, 2.05) is 24.3 Å². The Morgan fingerprint density at radius 3 is 2.29 bits per heavy atom. The van der Waals surface area contributed by atoms with Crippen molar-refractivity contribution in [2.24, 2.45) is 0 Å². The van der Waals surface area contributed by atoms with Gasteiger partial charge in [0.2, 0.25) is 0 Å². The summed E-state index contributed by atoms with van der Waals surface area (Å²) < 4.78 is 57.4. The van der Waals surface area contributed by atoms with Crippen LogP contribution in [-0.4, -0.2) is 28.2 Å². The molecule has 2 aromatic carbocycles. The fraction of sp³-hybridized carbons (Fsp3) is 0.423. The molecule has 3 rings (SSSR count). The lowest BCUT2D eigenvalue weighted by molar-refractivity contribution is 0.432. The van der Waals surface area contributed by atoms with E-state index in [9.17, 15) is 18.2 Å². The van der Waals surface area contributed by atoms with Gasteiger partial charge in [-0.05, 0) is 78.8 Å². The van der Waals surface area contributed by atoms with Crippen LogP contribution in [0.1, 0.15) is 59.6 Å². The molecule has 2 unspecified atom stereocenters. The van der Waals surface area contributed by atoms with Crippen LogP contribution in [0.4, 0.5) is 4.39 Å². The predicted molar refractivity (Wildman–Crippen MR) is 144 cm³/mol. The zero-order chi connectivity index (χ0) is 26.4. The molecule has 186 valence electrons. The first-order chi connectivity index (χ1) is 16.0. The maximum atomic E-state index is 15.6. The summed E-state index contributed by atoms with van der Waals surface area (Å²) in [5.74, 6) is 4.68. The molecule has 0 radical (unpaired) electrons. The Labute approximate surface area is 214 Å². The van der Waals surface area contributed by atoms with Gasteiger partial charge in [0.25, 0.3) is 0 Å². The smallest absolute Gasteiger partial charge is 0.171 e. The van der Waals surface area contributed by atoms with Crippen molar-refractivity contribution in [2.45, 2.75) is 63.5 Å². The highest BCUT2D eigenvalue weighted by atomic mass is 32.2. The number of nitrogens with one attached hydrogen (secondary N) is 1. The van der Waals surface area contributed by atoms with E-state index in [4.69, 9.17) is 0 Å². The molecular formula is C26H29FN2O3S3. The lowest BCUT2D eigenvalue weighted by Crippen LogP contribution is -2.55. The van der Waals surface area contributed by atoms with Crippen LogP contribution in [0, 0.1) is 29.0 Å². The third-order valence-corrected chi connectivity index (χ3v) is 11.3. The van der Waals surface area contributed by atoms with E-state index in [2.05, 4.69) is 16.6 Å². The Balaban J connectivity index is 2.29. The van der Waals surface area contributed by atoms with Gasteiger partial charge in [0.1, 0.15) is 16.1 Å². The molecule has 2 atom stereocenters. The zero-order valence-corrected chi connectivity index (χ0v) is 23.3. The highest BCUT2D eigenvalue weighted by Crippen LogP contribution is 2.39. The van der Waals surface area contributed by atoms with Crippen LogP contribution >= 0.6 is 11.3 Å². The van der Waals surface area contributed by atoms with Gasteiger partial charge < -0.3 is 4.55 Å². The molecule has 35 heavy (non-hydrogen) atoms. The van der Waals surface area contributed by atoms with Gasteiger partial charge in [0.15, 0.2) is 14.6 Å². The fourth-order valence-corrected chi connectivity index (χ4v) is 7.16. The summed E-state index contributed by atoms with van der Waals surface area (Å²) in [7, 11) is -4.06. The van der Waals surface area contributed by atoms with E-state index >= 15 is 4.39 Å². The quantitative estimate of drug-likeness (QED) is 0.332. The minimum absolute atomic E-state index is 0.0755. The summed E-state index contributed by atoms with van der Waals surface area (Å²) in [6.45, 7) is 11.1. The normalized spacial score (nSPS) is 15.3. The highest BCUT2D eigenvalue weighted by molar-refractivity contribution is 7.93. The number of halogens is 1. The number of nitrogens with zero attached hydrogens (tertiary/aromatic N) is 1. The van der Waals surface area contributed by atoms with Crippen LogP contribution in [0.3, 0.4) is 0 Å². The van der Waals surface area contributed by atoms with Crippen molar-refractivity contribution in [1.29, 1.82) is 5.26 Å². The number of thiophene rings is 1. The molecule has 9 heteroatoms. The average molecular weight is 533 g/mol. The van der Waals surface area contributed by atoms with E-state index < -0.39 is 47.8 Å². The molecule has 5 nitrogen and oxygen atoms in total. The summed E-state index contributed by atoms with van der Waals surface area (Å²) in [4.78, 5) is 0. The first-order valence-electron chi connectivity index (χ1n) is 11.0. The van der Waals surface area contributed by atoms with Crippen molar-refractivity contribution in [3.05, 3.63) is 47.3 Å². The van der Waals surface area contributed by atoms with E-state index in [1.165, 1.54) is 38.2 Å². The van der Waals surface area contributed by atoms with Gasteiger partial charge in [-0.2, -0.15) is 5.26 Å². The van der Waals surface area contributed by atoms with Crippen molar-refractivity contribution in [2.75, 3.05) is 5.75 Å². The number of benzene rings is 2. The Morgan fingerprint density at radius 2 is 1.71 bits per heavy atom. The summed E-state index contributed by atoms with van der Waals surface area (Å²) in [6.07, 6.45) is 0. The summed E-state index contributed by atoms with van der Waals surface area (Å²) >= 11 is -0.285. The fourth-order valence-electron chi connectivity index (χ4n) is 3.59. The molecule has 0 aliphatic heterocycles. The first-order valence-corrected chi connectivity index (χ1v) is 14.6. The third kappa shape index (κ3) is 5.35. The largest absolute Gasteiger partial charge is 0.598 e. The van der Waals surface area contributed by atoms with Crippen molar-refractivity contribution in [1.82, 2.24) is 4.72 Å². The number of rotatable bonds is 6. The van der Waals surface area contributed by atoms with Crippen molar-refractivity contribution in [3.8, 4) is 17.9 Å². The van der Waals surface area contributed by atoms with Crippen LogP contribution in [0.5, 0.6) is 0 Å². The Hall–Kier alpha value is -2.14. The van der Waals surface area contributed by atoms with Crippen LogP contribution in [0.15, 0.2) is 30.3 Å². The van der Waals surface area contributed by atoms with Gasteiger partial charge in [-0.25, -0.2) is 12.8 Å².